The first-order valence-electron chi connectivity index (χ1n) is 11.6. The summed E-state index contributed by atoms with van der Waals surface area (Å²) in [6.45, 7) is 6.76. The number of nitrogens with two attached hydrogens (primary N) is 1. The van der Waals surface area contributed by atoms with Crippen molar-refractivity contribution in [2.24, 2.45) is 17.6 Å². The topological polar surface area (TPSA) is 191 Å². The average Bonchev–Trinajstić information content (AvgIpc) is 2.77. The second-order valence-electron chi connectivity index (χ2n) is 9.44. The summed E-state index contributed by atoms with van der Waals surface area (Å²) in [5, 5.41) is 35.8. The van der Waals surface area contributed by atoms with Crippen molar-refractivity contribution in [1.29, 1.82) is 0 Å². The standard InChI is InChI=1S/C24H38N4O7/c1-13(2)9-18(26-21(31)17(25)12-29)22(32)27-19(11-15-5-7-16(30)8-6-15)23(33)28-20(24(34)35)10-14(3)4/h5-8,13-14,17-20,29-30H,9-12,25H2,1-4H3,(H,26,31)(H,27,32)(H,28,33)(H,34,35). The Bertz CT molecular complexity index is 858. The van der Waals surface area contributed by atoms with E-state index < -0.39 is 54.5 Å². The first-order valence-corrected chi connectivity index (χ1v) is 11.6. The minimum absolute atomic E-state index is 0.00269. The van der Waals surface area contributed by atoms with Gasteiger partial charge < -0.3 is 37.0 Å². The smallest absolute Gasteiger partial charge is 0.326 e. The fourth-order valence-electron chi connectivity index (χ4n) is 3.38. The molecule has 0 aliphatic heterocycles. The summed E-state index contributed by atoms with van der Waals surface area (Å²) in [6.07, 6.45) is 0.463. The molecular formula is C24H38N4O7. The Labute approximate surface area is 205 Å². The Morgan fingerprint density at radius 2 is 1.26 bits per heavy atom. The van der Waals surface area contributed by atoms with E-state index in [-0.39, 0.29) is 36.8 Å². The van der Waals surface area contributed by atoms with Crippen LogP contribution in [0, 0.1) is 11.8 Å². The van der Waals surface area contributed by atoms with Crippen LogP contribution in [0.5, 0.6) is 5.75 Å². The van der Waals surface area contributed by atoms with Gasteiger partial charge >= 0.3 is 5.97 Å². The maximum atomic E-state index is 13.1. The highest BCUT2D eigenvalue weighted by Crippen LogP contribution is 2.13. The Hall–Kier alpha value is -3.18. The number of carboxylic acid groups (broad SMARTS) is 1. The van der Waals surface area contributed by atoms with E-state index in [1.54, 1.807) is 12.1 Å². The number of phenols is 1. The van der Waals surface area contributed by atoms with Crippen molar-refractivity contribution < 1.29 is 34.5 Å². The molecule has 3 amide bonds. The first kappa shape index (κ1) is 29.9. The van der Waals surface area contributed by atoms with Crippen molar-refractivity contribution in [2.75, 3.05) is 6.61 Å². The van der Waals surface area contributed by atoms with Gasteiger partial charge in [-0.2, -0.15) is 0 Å². The van der Waals surface area contributed by atoms with Crippen LogP contribution >= 0.6 is 0 Å². The van der Waals surface area contributed by atoms with Crippen molar-refractivity contribution in [3.05, 3.63) is 29.8 Å². The fourth-order valence-corrected chi connectivity index (χ4v) is 3.38. The SMILES string of the molecule is CC(C)CC(NC(=O)C(Cc1ccc(O)cc1)NC(=O)C(CC(C)C)NC(=O)C(N)CO)C(=O)O. The van der Waals surface area contributed by atoms with Gasteiger partial charge in [0.1, 0.15) is 29.9 Å². The van der Waals surface area contributed by atoms with Crippen LogP contribution in [0.15, 0.2) is 24.3 Å². The predicted molar refractivity (Wildman–Crippen MR) is 129 cm³/mol. The van der Waals surface area contributed by atoms with Crippen molar-refractivity contribution in [3.8, 4) is 5.75 Å². The minimum atomic E-state index is -1.21. The maximum Gasteiger partial charge on any atom is 0.326 e. The molecule has 4 unspecified atom stereocenters. The highest BCUT2D eigenvalue weighted by atomic mass is 16.4. The van der Waals surface area contributed by atoms with Gasteiger partial charge in [-0.15, -0.1) is 0 Å². The van der Waals surface area contributed by atoms with E-state index in [1.165, 1.54) is 12.1 Å². The summed E-state index contributed by atoms with van der Waals surface area (Å²) in [5.74, 6) is -3.21. The lowest BCUT2D eigenvalue weighted by atomic mass is 9.99. The van der Waals surface area contributed by atoms with Crippen LogP contribution in [-0.4, -0.2) is 69.8 Å². The molecule has 0 radical (unpaired) electrons. The number of rotatable bonds is 14. The van der Waals surface area contributed by atoms with Crippen LogP contribution in [-0.2, 0) is 25.6 Å². The van der Waals surface area contributed by atoms with Gasteiger partial charge in [-0.25, -0.2) is 4.79 Å². The van der Waals surface area contributed by atoms with Gasteiger partial charge in [-0.1, -0.05) is 39.8 Å². The third-order valence-corrected chi connectivity index (χ3v) is 5.20. The number of carbonyl (C=O) groups excluding carboxylic acids is 3. The molecule has 11 nitrogen and oxygen atoms in total. The number of amides is 3. The molecule has 0 aliphatic rings. The van der Waals surface area contributed by atoms with Gasteiger partial charge in [0.25, 0.3) is 0 Å². The van der Waals surface area contributed by atoms with E-state index in [0.717, 1.165) is 0 Å². The van der Waals surface area contributed by atoms with E-state index in [1.807, 2.05) is 27.7 Å². The summed E-state index contributed by atoms with van der Waals surface area (Å²) >= 11 is 0. The fraction of sp³-hybridized carbons (Fsp3) is 0.583. The Morgan fingerprint density at radius 1 is 0.800 bits per heavy atom. The molecule has 0 spiro atoms. The third kappa shape index (κ3) is 10.7. The molecule has 0 bridgehead atoms. The lowest BCUT2D eigenvalue weighted by Gasteiger charge is -2.26. The number of hydrogen-bond donors (Lipinski definition) is 7. The van der Waals surface area contributed by atoms with Crippen molar-refractivity contribution >= 4 is 23.7 Å². The number of aliphatic hydroxyl groups is 1. The van der Waals surface area contributed by atoms with Crippen molar-refractivity contribution in [2.45, 2.75) is 71.1 Å². The Kier molecular flexibility index (Phi) is 12.2. The van der Waals surface area contributed by atoms with E-state index in [4.69, 9.17) is 10.8 Å². The summed E-state index contributed by atoms with van der Waals surface area (Å²) in [6, 6.07) is 1.50. The Balaban J connectivity index is 3.15. The number of phenolic OH excluding ortho intramolecular Hbond substituents is 1. The number of nitrogens with one attached hydrogen (secondary N) is 3. The van der Waals surface area contributed by atoms with Crippen molar-refractivity contribution in [3.63, 3.8) is 0 Å². The number of aliphatic carboxylic acids is 1. The van der Waals surface area contributed by atoms with Crippen LogP contribution in [0.2, 0.25) is 0 Å². The van der Waals surface area contributed by atoms with Gasteiger partial charge in [-0.05, 0) is 42.4 Å². The highest BCUT2D eigenvalue weighted by molar-refractivity contribution is 5.94. The van der Waals surface area contributed by atoms with E-state index >= 15 is 0 Å². The summed E-state index contributed by atoms with van der Waals surface area (Å²) < 4.78 is 0. The molecule has 1 rings (SSSR count). The Morgan fingerprint density at radius 3 is 1.74 bits per heavy atom. The first-order chi connectivity index (χ1) is 16.3. The molecule has 0 heterocycles. The largest absolute Gasteiger partial charge is 0.508 e. The molecule has 0 fully saturated rings. The lowest BCUT2D eigenvalue weighted by Crippen LogP contribution is -2.58. The molecule has 11 heteroatoms. The molecule has 0 aromatic heterocycles. The van der Waals surface area contributed by atoms with Gasteiger partial charge in [0.15, 0.2) is 0 Å². The normalized spacial score (nSPS) is 14.6. The molecule has 0 saturated carbocycles. The highest BCUT2D eigenvalue weighted by Gasteiger charge is 2.31. The van der Waals surface area contributed by atoms with Crippen LogP contribution in [0.4, 0.5) is 0 Å². The predicted octanol–water partition coefficient (Wildman–Crippen LogP) is -0.114. The maximum absolute atomic E-state index is 13.1. The monoisotopic (exact) mass is 494 g/mol. The third-order valence-electron chi connectivity index (χ3n) is 5.20. The molecular weight excluding hydrogens is 456 g/mol. The van der Waals surface area contributed by atoms with Gasteiger partial charge in [0.2, 0.25) is 17.7 Å². The summed E-state index contributed by atoms with van der Waals surface area (Å²) in [4.78, 5) is 50.0. The number of aromatic hydroxyl groups is 1. The second kappa shape index (κ2) is 14.3. The average molecular weight is 495 g/mol. The summed E-state index contributed by atoms with van der Waals surface area (Å²) in [7, 11) is 0. The van der Waals surface area contributed by atoms with Crippen LogP contribution in [0.1, 0.15) is 46.1 Å². The van der Waals surface area contributed by atoms with Gasteiger partial charge in [-0.3, -0.25) is 14.4 Å². The second-order valence-corrected chi connectivity index (χ2v) is 9.44. The molecule has 0 aliphatic carbocycles. The lowest BCUT2D eigenvalue weighted by molar-refractivity contribution is -0.142. The molecule has 1 aromatic rings. The van der Waals surface area contributed by atoms with E-state index in [0.29, 0.717) is 5.56 Å². The van der Waals surface area contributed by atoms with Crippen molar-refractivity contribution in [1.82, 2.24) is 16.0 Å². The zero-order valence-corrected chi connectivity index (χ0v) is 20.7. The zero-order valence-electron chi connectivity index (χ0n) is 20.7. The zero-order chi connectivity index (χ0) is 26.7. The summed E-state index contributed by atoms with van der Waals surface area (Å²) in [5.41, 5.74) is 6.16. The molecule has 4 atom stereocenters. The number of aliphatic hydroxyl groups excluding tert-OH is 1. The quantitative estimate of drug-likeness (QED) is 0.186. The van der Waals surface area contributed by atoms with Crippen LogP contribution in [0.3, 0.4) is 0 Å². The van der Waals surface area contributed by atoms with Crippen LogP contribution < -0.4 is 21.7 Å². The van der Waals surface area contributed by atoms with E-state index in [9.17, 15) is 29.4 Å². The number of benzene rings is 1. The number of carbonyl (C=O) groups is 4. The molecule has 1 aromatic carbocycles. The van der Waals surface area contributed by atoms with Gasteiger partial charge in [0, 0.05) is 6.42 Å². The van der Waals surface area contributed by atoms with Crippen LogP contribution in [0.25, 0.3) is 0 Å². The number of hydrogen-bond acceptors (Lipinski definition) is 7. The van der Waals surface area contributed by atoms with Gasteiger partial charge in [0.05, 0.1) is 6.61 Å². The minimum Gasteiger partial charge on any atom is -0.508 e. The number of carboxylic acids is 1. The molecule has 0 saturated heterocycles. The molecule has 196 valence electrons. The van der Waals surface area contributed by atoms with E-state index in [2.05, 4.69) is 16.0 Å². The molecule has 8 N–H and O–H groups in total. The molecule has 35 heavy (non-hydrogen) atoms.